The van der Waals surface area contributed by atoms with Crippen molar-refractivity contribution in [3.8, 4) is 0 Å². The van der Waals surface area contributed by atoms with E-state index in [4.69, 9.17) is 11.6 Å². The predicted molar refractivity (Wildman–Crippen MR) is 66.0 cm³/mol. The van der Waals surface area contributed by atoms with Gasteiger partial charge in [-0.2, -0.15) is 4.39 Å². The van der Waals surface area contributed by atoms with E-state index in [1.807, 2.05) is 6.07 Å². The number of rotatable bonds is 4. The van der Waals surface area contributed by atoms with Crippen molar-refractivity contribution in [3.05, 3.63) is 23.2 Å². The summed E-state index contributed by atoms with van der Waals surface area (Å²) in [6, 6.07) is 5.20. The van der Waals surface area contributed by atoms with Gasteiger partial charge in [0.25, 0.3) is 0 Å². The summed E-state index contributed by atoms with van der Waals surface area (Å²) in [7, 11) is -1.58. The van der Waals surface area contributed by atoms with Crippen molar-refractivity contribution in [1.82, 2.24) is 4.98 Å². The minimum Gasteiger partial charge on any atom is -0.227 e. The van der Waals surface area contributed by atoms with E-state index >= 15 is 0 Å². The molecule has 0 spiro atoms. The average molecular weight is 246 g/mol. The second-order valence-electron chi connectivity index (χ2n) is 3.80. The predicted octanol–water partition coefficient (Wildman–Crippen LogP) is 3.59. The third-order valence-corrected chi connectivity index (χ3v) is 9.59. The topological polar surface area (TPSA) is 12.9 Å². The molecule has 0 bridgehead atoms. The highest BCUT2D eigenvalue weighted by Gasteiger charge is 2.32. The Labute approximate surface area is 96.7 Å². The molecule has 1 heterocycles. The van der Waals surface area contributed by atoms with Crippen LogP contribution in [0.5, 0.6) is 0 Å². The maximum absolute atomic E-state index is 13.3. The number of hydrogen-bond donors (Lipinski definition) is 0. The maximum atomic E-state index is 13.3. The molecule has 0 N–H and O–H groups in total. The van der Waals surface area contributed by atoms with Crippen molar-refractivity contribution in [3.63, 3.8) is 0 Å². The molecule has 1 aromatic heterocycles. The Kier molecular flexibility index (Phi) is 4.29. The zero-order valence-electron chi connectivity index (χ0n) is 9.48. The standard InChI is InChI=1S/C11H17ClFNSi/c1-4-15(5-2,6-3)9-7-8-14-11(13)10(9)12/h7-8H,4-6H2,1-3H3. The van der Waals surface area contributed by atoms with Crippen LogP contribution in [0.15, 0.2) is 12.3 Å². The van der Waals surface area contributed by atoms with Crippen molar-refractivity contribution in [2.75, 3.05) is 0 Å². The fourth-order valence-electron chi connectivity index (χ4n) is 2.15. The molecule has 0 aromatic carbocycles. The number of hydrogen-bond acceptors (Lipinski definition) is 1. The van der Waals surface area contributed by atoms with Gasteiger partial charge in [-0.1, -0.05) is 50.5 Å². The summed E-state index contributed by atoms with van der Waals surface area (Å²) in [5.74, 6) is -0.526. The lowest BCUT2D eigenvalue weighted by molar-refractivity contribution is 0.585. The van der Waals surface area contributed by atoms with Crippen LogP contribution in [0.4, 0.5) is 4.39 Å². The second-order valence-corrected chi connectivity index (χ2v) is 9.40. The van der Waals surface area contributed by atoms with Crippen LogP contribution in [0.3, 0.4) is 0 Å². The molecule has 0 aliphatic heterocycles. The summed E-state index contributed by atoms with van der Waals surface area (Å²) < 4.78 is 13.3. The molecule has 0 unspecified atom stereocenters. The summed E-state index contributed by atoms with van der Waals surface area (Å²) >= 11 is 6.01. The number of halogens is 2. The van der Waals surface area contributed by atoms with Crippen molar-refractivity contribution < 1.29 is 4.39 Å². The van der Waals surface area contributed by atoms with E-state index in [0.29, 0.717) is 0 Å². The molecule has 1 aromatic rings. The molecular weight excluding hydrogens is 229 g/mol. The highest BCUT2D eigenvalue weighted by molar-refractivity contribution is 6.93. The average Bonchev–Trinajstić information content (AvgIpc) is 2.27. The first-order chi connectivity index (χ1) is 7.11. The molecule has 84 valence electrons. The largest absolute Gasteiger partial charge is 0.231 e. The molecule has 0 fully saturated rings. The molecule has 0 atom stereocenters. The van der Waals surface area contributed by atoms with Crippen LogP contribution in [0, 0.1) is 5.95 Å². The Balaban J connectivity index is 3.28. The molecule has 4 heteroatoms. The number of pyridine rings is 1. The molecule has 0 saturated heterocycles. The molecule has 0 amide bonds. The number of nitrogens with zero attached hydrogens (tertiary/aromatic N) is 1. The second kappa shape index (κ2) is 5.08. The fourth-order valence-corrected chi connectivity index (χ4v) is 6.50. The quantitative estimate of drug-likeness (QED) is 0.584. The van der Waals surface area contributed by atoms with E-state index in [-0.39, 0.29) is 5.02 Å². The van der Waals surface area contributed by atoms with E-state index in [9.17, 15) is 4.39 Å². The normalized spacial score (nSPS) is 11.8. The smallest absolute Gasteiger partial charge is 0.227 e. The lowest BCUT2D eigenvalue weighted by atomic mass is 10.5. The number of aromatic nitrogens is 1. The van der Waals surface area contributed by atoms with E-state index in [1.165, 1.54) is 6.20 Å². The SMILES string of the molecule is CC[Si](CC)(CC)c1ccnc(F)c1Cl. The van der Waals surface area contributed by atoms with Crippen LogP contribution in [-0.2, 0) is 0 Å². The third-order valence-electron chi connectivity index (χ3n) is 3.45. The minimum absolute atomic E-state index is 0.245. The van der Waals surface area contributed by atoms with Gasteiger partial charge in [-0.3, -0.25) is 0 Å². The van der Waals surface area contributed by atoms with E-state index < -0.39 is 14.0 Å². The van der Waals surface area contributed by atoms with E-state index in [0.717, 1.165) is 23.3 Å². The van der Waals surface area contributed by atoms with Gasteiger partial charge in [0.15, 0.2) is 0 Å². The maximum Gasteiger partial charge on any atom is 0.231 e. The summed E-state index contributed by atoms with van der Waals surface area (Å²) in [6.07, 6.45) is 1.53. The summed E-state index contributed by atoms with van der Waals surface area (Å²) in [5.41, 5.74) is 0. The van der Waals surface area contributed by atoms with Crippen LogP contribution >= 0.6 is 11.6 Å². The van der Waals surface area contributed by atoms with Gasteiger partial charge in [-0.05, 0) is 11.3 Å². The van der Waals surface area contributed by atoms with Crippen molar-refractivity contribution in [2.45, 2.75) is 38.9 Å². The Morgan fingerprint density at radius 1 is 1.27 bits per heavy atom. The molecule has 0 saturated carbocycles. The lowest BCUT2D eigenvalue weighted by Crippen LogP contribution is -2.46. The van der Waals surface area contributed by atoms with E-state index in [1.54, 1.807) is 0 Å². The highest BCUT2D eigenvalue weighted by atomic mass is 35.5. The van der Waals surface area contributed by atoms with Crippen molar-refractivity contribution >= 4 is 24.9 Å². The van der Waals surface area contributed by atoms with Crippen molar-refractivity contribution in [1.29, 1.82) is 0 Å². The Hall–Kier alpha value is -0.413. The summed E-state index contributed by atoms with van der Waals surface area (Å²) in [6.45, 7) is 6.52. The highest BCUT2D eigenvalue weighted by Crippen LogP contribution is 2.24. The first-order valence-corrected chi connectivity index (χ1v) is 8.41. The fraction of sp³-hybridized carbons (Fsp3) is 0.545. The van der Waals surface area contributed by atoms with Gasteiger partial charge < -0.3 is 0 Å². The Morgan fingerprint density at radius 2 is 1.80 bits per heavy atom. The van der Waals surface area contributed by atoms with Crippen LogP contribution < -0.4 is 5.19 Å². The van der Waals surface area contributed by atoms with Crippen LogP contribution in [0.2, 0.25) is 23.2 Å². The van der Waals surface area contributed by atoms with Crippen LogP contribution in [-0.4, -0.2) is 13.1 Å². The molecular formula is C11H17ClFNSi. The van der Waals surface area contributed by atoms with Crippen molar-refractivity contribution in [2.24, 2.45) is 0 Å². The summed E-state index contributed by atoms with van der Waals surface area (Å²) in [5, 5.41) is 1.28. The summed E-state index contributed by atoms with van der Waals surface area (Å²) in [4.78, 5) is 3.58. The Bertz CT molecular complexity index is 331. The van der Waals surface area contributed by atoms with Gasteiger partial charge in [-0.15, -0.1) is 0 Å². The molecule has 1 rings (SSSR count). The van der Waals surface area contributed by atoms with Gasteiger partial charge in [0, 0.05) is 6.20 Å². The molecule has 15 heavy (non-hydrogen) atoms. The zero-order chi connectivity index (χ0) is 11.5. The molecule has 0 aliphatic carbocycles. The first kappa shape index (κ1) is 12.7. The van der Waals surface area contributed by atoms with Gasteiger partial charge in [0.1, 0.15) is 0 Å². The van der Waals surface area contributed by atoms with E-state index in [2.05, 4.69) is 25.8 Å². The lowest BCUT2D eigenvalue weighted by Gasteiger charge is -2.29. The van der Waals surface area contributed by atoms with Gasteiger partial charge in [0.2, 0.25) is 5.95 Å². The molecule has 0 radical (unpaired) electrons. The van der Waals surface area contributed by atoms with Crippen LogP contribution in [0.1, 0.15) is 20.8 Å². The minimum atomic E-state index is -1.58. The zero-order valence-corrected chi connectivity index (χ0v) is 11.2. The van der Waals surface area contributed by atoms with Crippen LogP contribution in [0.25, 0.3) is 0 Å². The Morgan fingerprint density at radius 3 is 2.27 bits per heavy atom. The molecule has 0 aliphatic rings. The first-order valence-electron chi connectivity index (χ1n) is 5.41. The van der Waals surface area contributed by atoms with Gasteiger partial charge in [0.05, 0.1) is 13.1 Å². The monoisotopic (exact) mass is 245 g/mol. The van der Waals surface area contributed by atoms with Gasteiger partial charge in [-0.25, -0.2) is 4.98 Å². The third kappa shape index (κ3) is 2.23. The van der Waals surface area contributed by atoms with Gasteiger partial charge >= 0.3 is 0 Å². The molecule has 1 nitrogen and oxygen atoms in total.